The zero-order valence-electron chi connectivity index (χ0n) is 9.52. The van der Waals surface area contributed by atoms with Gasteiger partial charge in [-0.25, -0.2) is 0 Å². The monoisotopic (exact) mass is 232 g/mol. The number of pyridine rings is 1. The number of carbonyl (C=O) groups is 1. The molecule has 0 fully saturated rings. The Morgan fingerprint density at radius 1 is 1.41 bits per heavy atom. The van der Waals surface area contributed by atoms with Crippen LogP contribution in [0, 0.1) is 6.92 Å². The van der Waals surface area contributed by atoms with Crippen LogP contribution in [-0.4, -0.2) is 23.1 Å². The van der Waals surface area contributed by atoms with Gasteiger partial charge < -0.3 is 15.2 Å². The predicted molar refractivity (Wildman–Crippen MR) is 63.0 cm³/mol. The first-order chi connectivity index (χ1) is 8.19. The highest BCUT2D eigenvalue weighted by atomic mass is 16.5. The highest BCUT2D eigenvalue weighted by Gasteiger charge is 2.10. The van der Waals surface area contributed by atoms with Crippen molar-refractivity contribution < 1.29 is 9.32 Å². The number of hydrogen-bond acceptors (Lipinski definition) is 5. The maximum absolute atomic E-state index is 11.8. The van der Waals surface area contributed by atoms with Gasteiger partial charge in [0.05, 0.1) is 0 Å². The summed E-state index contributed by atoms with van der Waals surface area (Å²) in [5.74, 6) is 0.691. The molecule has 0 saturated carbocycles. The minimum Gasteiger partial charge on any atom is -0.388 e. The molecule has 2 heterocycles. The molecule has 0 aromatic carbocycles. The third kappa shape index (κ3) is 2.60. The Morgan fingerprint density at radius 2 is 2.24 bits per heavy atom. The smallest absolute Gasteiger partial charge is 0.275 e. The normalized spacial score (nSPS) is 10.0. The highest BCUT2D eigenvalue weighted by Crippen LogP contribution is 2.11. The molecular formula is C11H12N4O2. The van der Waals surface area contributed by atoms with Crippen LogP contribution in [0.4, 0.5) is 11.5 Å². The fourth-order valence-electron chi connectivity index (χ4n) is 1.32. The molecule has 0 bridgehead atoms. The number of amides is 1. The zero-order chi connectivity index (χ0) is 12.3. The lowest BCUT2D eigenvalue weighted by atomic mass is 10.3. The molecule has 0 atom stereocenters. The highest BCUT2D eigenvalue weighted by molar-refractivity contribution is 6.02. The van der Waals surface area contributed by atoms with E-state index in [1.807, 2.05) is 0 Å². The Labute approximate surface area is 98.0 Å². The molecule has 0 radical (unpaired) electrons. The molecule has 2 aromatic heterocycles. The molecule has 1 amide bonds. The van der Waals surface area contributed by atoms with E-state index in [1.54, 1.807) is 38.4 Å². The van der Waals surface area contributed by atoms with Crippen LogP contribution in [0.15, 0.2) is 28.9 Å². The number of carbonyl (C=O) groups excluding carboxylic acids is 1. The Morgan fingerprint density at radius 3 is 2.88 bits per heavy atom. The van der Waals surface area contributed by atoms with Crippen LogP contribution < -0.4 is 10.6 Å². The molecule has 0 aliphatic carbocycles. The van der Waals surface area contributed by atoms with Gasteiger partial charge in [-0.1, -0.05) is 5.16 Å². The van der Waals surface area contributed by atoms with Crippen LogP contribution >= 0.6 is 0 Å². The summed E-state index contributed by atoms with van der Waals surface area (Å²) >= 11 is 0. The third-order valence-electron chi connectivity index (χ3n) is 2.15. The average Bonchev–Trinajstić information content (AvgIpc) is 2.75. The van der Waals surface area contributed by atoms with Crippen molar-refractivity contribution >= 4 is 17.4 Å². The quantitative estimate of drug-likeness (QED) is 0.841. The van der Waals surface area contributed by atoms with E-state index in [4.69, 9.17) is 4.52 Å². The Hall–Kier alpha value is -2.37. The third-order valence-corrected chi connectivity index (χ3v) is 2.15. The Kier molecular flexibility index (Phi) is 3.04. The number of aromatic nitrogens is 2. The molecule has 0 aliphatic heterocycles. The van der Waals surface area contributed by atoms with Crippen LogP contribution in [0.3, 0.4) is 0 Å². The molecule has 17 heavy (non-hydrogen) atoms. The van der Waals surface area contributed by atoms with Crippen molar-refractivity contribution in [1.29, 1.82) is 0 Å². The number of hydrogen-bond donors (Lipinski definition) is 2. The summed E-state index contributed by atoms with van der Waals surface area (Å²) in [6, 6.07) is 5.07. The maximum atomic E-state index is 11.8. The summed E-state index contributed by atoms with van der Waals surface area (Å²) in [5, 5.41) is 9.21. The van der Waals surface area contributed by atoms with Crippen LogP contribution in [-0.2, 0) is 0 Å². The first-order valence-corrected chi connectivity index (χ1v) is 5.07. The van der Waals surface area contributed by atoms with E-state index in [-0.39, 0.29) is 5.91 Å². The zero-order valence-corrected chi connectivity index (χ0v) is 9.52. The van der Waals surface area contributed by atoms with E-state index in [0.29, 0.717) is 17.3 Å². The molecule has 2 aromatic rings. The number of nitrogens with zero attached hydrogens (tertiary/aromatic N) is 2. The lowest BCUT2D eigenvalue weighted by Crippen LogP contribution is -2.14. The first kappa shape index (κ1) is 11.1. The molecular weight excluding hydrogens is 220 g/mol. The number of nitrogens with one attached hydrogen (secondary N) is 2. The van der Waals surface area contributed by atoms with Gasteiger partial charge in [-0.15, -0.1) is 0 Å². The van der Waals surface area contributed by atoms with Crippen molar-refractivity contribution in [3.8, 4) is 0 Å². The van der Waals surface area contributed by atoms with Crippen LogP contribution in [0.1, 0.15) is 16.2 Å². The van der Waals surface area contributed by atoms with Crippen LogP contribution in [0.5, 0.6) is 0 Å². The molecule has 2 N–H and O–H groups in total. The molecule has 6 heteroatoms. The van der Waals surface area contributed by atoms with Crippen molar-refractivity contribution in [3.63, 3.8) is 0 Å². The Bertz CT molecular complexity index is 536. The fourth-order valence-corrected chi connectivity index (χ4v) is 1.32. The van der Waals surface area contributed by atoms with Gasteiger partial charge in [0, 0.05) is 25.0 Å². The van der Waals surface area contributed by atoms with Gasteiger partial charge in [0.2, 0.25) is 0 Å². The Balaban J connectivity index is 2.14. The van der Waals surface area contributed by atoms with Gasteiger partial charge in [0.15, 0.2) is 5.82 Å². The lowest BCUT2D eigenvalue weighted by Gasteiger charge is -2.03. The van der Waals surface area contributed by atoms with Crippen molar-refractivity contribution in [2.24, 2.45) is 0 Å². The number of rotatable bonds is 3. The van der Waals surface area contributed by atoms with Gasteiger partial charge in [-0.3, -0.25) is 9.78 Å². The van der Waals surface area contributed by atoms with Gasteiger partial charge in [0.1, 0.15) is 11.5 Å². The first-order valence-electron chi connectivity index (χ1n) is 5.07. The van der Waals surface area contributed by atoms with Crippen molar-refractivity contribution in [2.75, 3.05) is 17.7 Å². The van der Waals surface area contributed by atoms with E-state index in [2.05, 4.69) is 20.8 Å². The SMILES string of the molecule is CNc1ccnc(C(=O)Nc2cc(C)on2)c1. The minimum atomic E-state index is -0.324. The largest absolute Gasteiger partial charge is 0.388 e. The maximum Gasteiger partial charge on any atom is 0.275 e. The van der Waals surface area contributed by atoms with E-state index >= 15 is 0 Å². The van der Waals surface area contributed by atoms with Gasteiger partial charge in [0.25, 0.3) is 5.91 Å². The van der Waals surface area contributed by atoms with Crippen LogP contribution in [0.2, 0.25) is 0 Å². The number of anilines is 2. The molecule has 6 nitrogen and oxygen atoms in total. The molecule has 0 unspecified atom stereocenters. The van der Waals surface area contributed by atoms with E-state index in [1.165, 1.54) is 0 Å². The second-order valence-corrected chi connectivity index (χ2v) is 3.46. The second kappa shape index (κ2) is 4.65. The predicted octanol–water partition coefficient (Wildman–Crippen LogP) is 1.67. The van der Waals surface area contributed by atoms with Crippen molar-refractivity contribution in [1.82, 2.24) is 10.1 Å². The number of aryl methyl sites for hydroxylation is 1. The lowest BCUT2D eigenvalue weighted by molar-refractivity contribution is 0.102. The molecule has 0 aliphatic rings. The summed E-state index contributed by atoms with van der Waals surface area (Å²) in [7, 11) is 1.78. The summed E-state index contributed by atoms with van der Waals surface area (Å²) in [6.07, 6.45) is 1.56. The van der Waals surface area contributed by atoms with E-state index in [9.17, 15) is 4.79 Å². The minimum absolute atomic E-state index is 0.317. The van der Waals surface area contributed by atoms with Crippen molar-refractivity contribution in [2.45, 2.75) is 6.92 Å². The topological polar surface area (TPSA) is 80.0 Å². The summed E-state index contributed by atoms with van der Waals surface area (Å²) in [6.45, 7) is 1.75. The van der Waals surface area contributed by atoms with Gasteiger partial charge in [-0.2, -0.15) is 0 Å². The summed E-state index contributed by atoms with van der Waals surface area (Å²) < 4.78 is 4.85. The van der Waals surface area contributed by atoms with E-state index < -0.39 is 0 Å². The second-order valence-electron chi connectivity index (χ2n) is 3.46. The standard InChI is InChI=1S/C11H12N4O2/c1-7-5-10(15-17-7)14-11(16)9-6-8(12-2)3-4-13-9/h3-6H,1-2H3,(H,12,13)(H,14,15,16). The molecule has 2 rings (SSSR count). The fraction of sp³-hybridized carbons (Fsp3) is 0.182. The molecule has 88 valence electrons. The average molecular weight is 232 g/mol. The van der Waals surface area contributed by atoms with Crippen molar-refractivity contribution in [3.05, 3.63) is 35.9 Å². The molecule has 0 saturated heterocycles. The molecule has 0 spiro atoms. The van der Waals surface area contributed by atoms with Crippen LogP contribution in [0.25, 0.3) is 0 Å². The van der Waals surface area contributed by atoms with E-state index in [0.717, 1.165) is 5.69 Å². The van der Waals surface area contributed by atoms with Gasteiger partial charge in [-0.05, 0) is 19.1 Å². The van der Waals surface area contributed by atoms with Gasteiger partial charge >= 0.3 is 0 Å². The summed E-state index contributed by atoms with van der Waals surface area (Å²) in [4.78, 5) is 15.8. The summed E-state index contributed by atoms with van der Waals surface area (Å²) in [5.41, 5.74) is 1.14.